The van der Waals surface area contributed by atoms with E-state index in [4.69, 9.17) is 21.1 Å². The summed E-state index contributed by atoms with van der Waals surface area (Å²) in [6.07, 6.45) is 0. The van der Waals surface area contributed by atoms with Crippen molar-refractivity contribution in [1.82, 2.24) is 10.5 Å². The topological polar surface area (TPSA) is 67.5 Å². The molecule has 2 aromatic carbocycles. The van der Waals surface area contributed by atoms with Gasteiger partial charge >= 0.3 is 0 Å². The number of carbonyl (C=O) groups excluding carboxylic acids is 1. The van der Waals surface area contributed by atoms with E-state index in [1.807, 2.05) is 69.3 Å². The van der Waals surface area contributed by atoms with Crippen LogP contribution < -0.4 is 5.32 Å². The van der Waals surface area contributed by atoms with Gasteiger partial charge in [0, 0.05) is 22.7 Å². The maximum atomic E-state index is 12.7. The molecule has 0 spiro atoms. The van der Waals surface area contributed by atoms with Gasteiger partial charge in [0.15, 0.2) is 5.76 Å². The molecule has 1 aliphatic rings. The smallest absolute Gasteiger partial charge is 0.225 e. The number of hydrogen-bond donors (Lipinski definition) is 1. The summed E-state index contributed by atoms with van der Waals surface area (Å²) in [6, 6.07) is 15.2. The highest BCUT2D eigenvalue weighted by atomic mass is 35.5. The van der Waals surface area contributed by atoms with E-state index in [0.717, 1.165) is 33.7 Å². The van der Waals surface area contributed by atoms with Gasteiger partial charge in [-0.2, -0.15) is 0 Å². The fourth-order valence-electron chi connectivity index (χ4n) is 3.75. The van der Waals surface area contributed by atoms with Crippen LogP contribution in [0.25, 0.3) is 11.1 Å². The summed E-state index contributed by atoms with van der Waals surface area (Å²) >= 11 is 6.10. The number of rotatable bonds is 4. The molecule has 1 amide bonds. The summed E-state index contributed by atoms with van der Waals surface area (Å²) < 4.78 is 5.73. The van der Waals surface area contributed by atoms with Gasteiger partial charge in [-0.15, -0.1) is 0 Å². The zero-order valence-corrected chi connectivity index (χ0v) is 17.3. The lowest BCUT2D eigenvalue weighted by Gasteiger charge is -2.18. The quantitative estimate of drug-likeness (QED) is 0.664. The van der Waals surface area contributed by atoms with Crippen molar-refractivity contribution in [3.05, 3.63) is 76.1 Å². The molecule has 2 unspecified atom stereocenters. The molecule has 0 saturated carbocycles. The Morgan fingerprint density at radius 2 is 1.86 bits per heavy atom. The number of aromatic nitrogens is 1. The number of carbonyl (C=O) groups is 1. The Kier molecular flexibility index (Phi) is 5.24. The lowest BCUT2D eigenvalue weighted by Crippen LogP contribution is -2.32. The third-order valence-electron chi connectivity index (χ3n) is 5.23. The first-order chi connectivity index (χ1) is 14.0. The standard InChI is InChI=1S/C23H22ClN3O2/c1-4-25-23(28)13(2)20-22-19(14(3)27-29-22)17-7-5-6-8-18(17)21(26-20)15-9-11-16(24)12-10-15/h5-13,20H,4H2,1-3H3,(H,25,28). The van der Waals surface area contributed by atoms with Crippen LogP contribution in [0.5, 0.6) is 0 Å². The Bertz CT molecular complexity index is 1090. The van der Waals surface area contributed by atoms with Crippen LogP contribution >= 0.6 is 11.6 Å². The van der Waals surface area contributed by atoms with E-state index >= 15 is 0 Å². The molecule has 0 radical (unpaired) electrons. The first-order valence-electron chi connectivity index (χ1n) is 9.68. The maximum Gasteiger partial charge on any atom is 0.225 e. The minimum atomic E-state index is -0.490. The monoisotopic (exact) mass is 407 g/mol. The summed E-state index contributed by atoms with van der Waals surface area (Å²) in [5.74, 6) is 0.137. The van der Waals surface area contributed by atoms with Gasteiger partial charge in [0.1, 0.15) is 6.04 Å². The molecule has 5 nitrogen and oxygen atoms in total. The number of aliphatic imine (C=N–C) groups is 1. The Hall–Kier alpha value is -2.92. The van der Waals surface area contributed by atoms with Crippen molar-refractivity contribution >= 4 is 23.2 Å². The van der Waals surface area contributed by atoms with Crippen molar-refractivity contribution in [1.29, 1.82) is 0 Å². The highest BCUT2D eigenvalue weighted by molar-refractivity contribution is 6.30. The van der Waals surface area contributed by atoms with Crippen molar-refractivity contribution in [2.45, 2.75) is 26.8 Å². The van der Waals surface area contributed by atoms with Gasteiger partial charge in [-0.3, -0.25) is 9.79 Å². The second-order valence-electron chi connectivity index (χ2n) is 7.17. The average Bonchev–Trinajstić information content (AvgIpc) is 3.03. The Morgan fingerprint density at radius 3 is 2.55 bits per heavy atom. The molecule has 1 aliphatic heterocycles. The van der Waals surface area contributed by atoms with E-state index in [2.05, 4.69) is 10.5 Å². The second-order valence-corrected chi connectivity index (χ2v) is 7.60. The lowest BCUT2D eigenvalue weighted by atomic mass is 9.91. The van der Waals surface area contributed by atoms with E-state index in [1.54, 1.807) is 0 Å². The summed E-state index contributed by atoms with van der Waals surface area (Å²) in [5.41, 5.74) is 5.42. The van der Waals surface area contributed by atoms with Crippen molar-refractivity contribution in [3.63, 3.8) is 0 Å². The molecule has 4 rings (SSSR count). The van der Waals surface area contributed by atoms with E-state index in [0.29, 0.717) is 17.3 Å². The van der Waals surface area contributed by atoms with Crippen molar-refractivity contribution in [2.24, 2.45) is 10.9 Å². The summed E-state index contributed by atoms with van der Waals surface area (Å²) in [6.45, 7) is 6.25. The fraction of sp³-hybridized carbons (Fsp3) is 0.261. The van der Waals surface area contributed by atoms with Crippen LogP contribution in [0.1, 0.15) is 42.5 Å². The third kappa shape index (κ3) is 3.47. The van der Waals surface area contributed by atoms with Gasteiger partial charge < -0.3 is 9.84 Å². The first-order valence-corrected chi connectivity index (χ1v) is 10.1. The van der Waals surface area contributed by atoms with Gasteiger partial charge in [0.05, 0.1) is 22.9 Å². The van der Waals surface area contributed by atoms with Gasteiger partial charge in [-0.25, -0.2) is 0 Å². The van der Waals surface area contributed by atoms with Crippen molar-refractivity contribution in [2.75, 3.05) is 6.54 Å². The number of hydrogen-bond acceptors (Lipinski definition) is 4. The Balaban J connectivity index is 1.96. The molecule has 2 heterocycles. The number of fused-ring (bicyclic) bond motifs is 3. The van der Waals surface area contributed by atoms with Crippen LogP contribution in [0.2, 0.25) is 5.02 Å². The Labute approximate surface area is 174 Å². The first kappa shape index (κ1) is 19.4. The van der Waals surface area contributed by atoms with Crippen molar-refractivity contribution < 1.29 is 9.32 Å². The van der Waals surface area contributed by atoms with E-state index in [1.165, 1.54) is 0 Å². The summed E-state index contributed by atoms with van der Waals surface area (Å²) in [5, 5.41) is 7.75. The zero-order chi connectivity index (χ0) is 20.5. The second kappa shape index (κ2) is 7.84. The summed E-state index contributed by atoms with van der Waals surface area (Å²) in [4.78, 5) is 17.7. The largest absolute Gasteiger partial charge is 0.358 e. The highest BCUT2D eigenvalue weighted by Crippen LogP contribution is 2.42. The molecule has 29 heavy (non-hydrogen) atoms. The third-order valence-corrected chi connectivity index (χ3v) is 5.49. The molecule has 0 bridgehead atoms. The van der Waals surface area contributed by atoms with Crippen LogP contribution in [0.15, 0.2) is 58.0 Å². The van der Waals surface area contributed by atoms with Gasteiger partial charge in [0.25, 0.3) is 0 Å². The maximum absolute atomic E-state index is 12.7. The SMILES string of the molecule is CCNC(=O)C(C)C1N=C(c2ccc(Cl)cc2)c2ccccc2-c2c(C)noc21. The average molecular weight is 408 g/mol. The van der Waals surface area contributed by atoms with E-state index in [9.17, 15) is 4.79 Å². The number of benzene rings is 2. The molecular formula is C23H22ClN3O2. The molecule has 0 saturated heterocycles. The number of halogens is 1. The molecule has 148 valence electrons. The summed E-state index contributed by atoms with van der Waals surface area (Å²) in [7, 11) is 0. The number of amides is 1. The van der Waals surface area contributed by atoms with Crippen LogP contribution in [0, 0.1) is 12.8 Å². The number of nitrogens with zero attached hydrogens (tertiary/aromatic N) is 2. The molecule has 6 heteroatoms. The van der Waals surface area contributed by atoms with Gasteiger partial charge in [0.2, 0.25) is 5.91 Å². The van der Waals surface area contributed by atoms with E-state index in [-0.39, 0.29) is 5.91 Å². The van der Waals surface area contributed by atoms with Crippen LogP contribution in [-0.4, -0.2) is 23.3 Å². The van der Waals surface area contributed by atoms with Crippen LogP contribution in [-0.2, 0) is 4.79 Å². The molecule has 1 N–H and O–H groups in total. The molecule has 0 aliphatic carbocycles. The predicted molar refractivity (Wildman–Crippen MR) is 114 cm³/mol. The van der Waals surface area contributed by atoms with Crippen LogP contribution in [0.4, 0.5) is 0 Å². The highest BCUT2D eigenvalue weighted by Gasteiger charge is 2.35. The van der Waals surface area contributed by atoms with Crippen molar-refractivity contribution in [3.8, 4) is 11.1 Å². The molecule has 1 aromatic heterocycles. The number of aryl methyl sites for hydroxylation is 1. The Morgan fingerprint density at radius 1 is 1.17 bits per heavy atom. The predicted octanol–water partition coefficient (Wildman–Crippen LogP) is 4.97. The molecule has 2 atom stereocenters. The van der Waals surface area contributed by atoms with Gasteiger partial charge in [-0.05, 0) is 31.5 Å². The van der Waals surface area contributed by atoms with Crippen LogP contribution in [0.3, 0.4) is 0 Å². The zero-order valence-electron chi connectivity index (χ0n) is 16.6. The van der Waals surface area contributed by atoms with E-state index < -0.39 is 12.0 Å². The molecular weight excluding hydrogens is 386 g/mol. The van der Waals surface area contributed by atoms with Gasteiger partial charge in [-0.1, -0.05) is 60.1 Å². The minimum Gasteiger partial charge on any atom is -0.358 e. The molecule has 0 fully saturated rings. The molecule has 3 aromatic rings. The number of nitrogens with one attached hydrogen (secondary N) is 1. The normalized spacial score (nSPS) is 16.3. The minimum absolute atomic E-state index is 0.0670. The fourth-order valence-corrected chi connectivity index (χ4v) is 3.87. The lowest BCUT2D eigenvalue weighted by molar-refractivity contribution is -0.125.